The van der Waals surface area contributed by atoms with Crippen molar-refractivity contribution in [2.75, 3.05) is 17.7 Å². The Labute approximate surface area is 112 Å². The molecule has 0 fully saturated rings. The largest absolute Gasteiger partial charge is 0.447 e. The summed E-state index contributed by atoms with van der Waals surface area (Å²) < 4.78 is 4.92. The summed E-state index contributed by atoms with van der Waals surface area (Å²) in [7, 11) is 1.81. The predicted octanol–water partition coefficient (Wildman–Crippen LogP) is 2.56. The Bertz CT molecular complexity index is 435. The van der Waals surface area contributed by atoms with E-state index in [0.29, 0.717) is 0 Å². The number of thiocarbonyl (C=S) groups is 1. The minimum absolute atomic E-state index is 0.183. The van der Waals surface area contributed by atoms with E-state index in [2.05, 4.69) is 16.0 Å². The lowest BCUT2D eigenvalue weighted by Gasteiger charge is -2.14. The van der Waals surface area contributed by atoms with Gasteiger partial charge >= 0.3 is 6.09 Å². The van der Waals surface area contributed by atoms with Crippen LogP contribution in [0, 0.1) is 0 Å². The summed E-state index contributed by atoms with van der Waals surface area (Å²) in [6.45, 7) is 3.54. The molecule has 0 heterocycles. The molecule has 0 radical (unpaired) electrons. The molecule has 6 heteroatoms. The zero-order valence-corrected chi connectivity index (χ0v) is 11.4. The third kappa shape index (κ3) is 4.58. The van der Waals surface area contributed by atoms with Crippen molar-refractivity contribution in [2.24, 2.45) is 0 Å². The fourth-order valence-corrected chi connectivity index (χ4v) is 1.49. The molecular weight excluding hydrogens is 250 g/mol. The number of hydrogen-bond donors (Lipinski definition) is 3. The van der Waals surface area contributed by atoms with E-state index < -0.39 is 6.09 Å². The van der Waals surface area contributed by atoms with Crippen LogP contribution in [0.15, 0.2) is 24.3 Å². The molecule has 0 aromatic heterocycles. The molecular formula is C12H17N3O2S. The highest BCUT2D eigenvalue weighted by Gasteiger charge is 2.08. The van der Waals surface area contributed by atoms with E-state index >= 15 is 0 Å². The van der Waals surface area contributed by atoms with Crippen LogP contribution < -0.4 is 16.0 Å². The van der Waals surface area contributed by atoms with Crippen molar-refractivity contribution in [2.45, 2.75) is 20.0 Å². The molecule has 0 aliphatic carbocycles. The molecule has 0 aliphatic heterocycles. The van der Waals surface area contributed by atoms with Gasteiger partial charge in [-0.25, -0.2) is 4.79 Å². The minimum Gasteiger partial charge on any atom is -0.447 e. The van der Waals surface area contributed by atoms with Gasteiger partial charge in [0, 0.05) is 7.05 Å². The smallest absolute Gasteiger partial charge is 0.413 e. The zero-order chi connectivity index (χ0) is 13.5. The van der Waals surface area contributed by atoms with E-state index in [1.54, 1.807) is 13.8 Å². The maximum Gasteiger partial charge on any atom is 0.413 e. The molecule has 0 spiro atoms. The molecule has 0 saturated heterocycles. The fourth-order valence-electron chi connectivity index (χ4n) is 1.30. The van der Waals surface area contributed by atoms with Crippen molar-refractivity contribution in [3.63, 3.8) is 0 Å². The first-order chi connectivity index (χ1) is 8.52. The van der Waals surface area contributed by atoms with Crippen molar-refractivity contribution in [3.8, 4) is 0 Å². The number of benzene rings is 1. The summed E-state index contributed by atoms with van der Waals surface area (Å²) in [6.07, 6.45) is -0.748. The molecule has 1 rings (SSSR count). The highest BCUT2D eigenvalue weighted by molar-refractivity contribution is 7.80. The van der Waals surface area contributed by atoms with Crippen LogP contribution in [0.4, 0.5) is 16.2 Å². The highest BCUT2D eigenvalue weighted by atomic mass is 32.1. The second-order valence-electron chi connectivity index (χ2n) is 3.83. The van der Waals surface area contributed by atoms with Gasteiger partial charge in [-0.2, -0.15) is 0 Å². The first-order valence-electron chi connectivity index (χ1n) is 5.58. The van der Waals surface area contributed by atoms with Crippen LogP contribution in [0.25, 0.3) is 0 Å². The molecule has 98 valence electrons. The Morgan fingerprint density at radius 3 is 2.44 bits per heavy atom. The van der Waals surface area contributed by atoms with Crippen LogP contribution in [-0.2, 0) is 4.74 Å². The van der Waals surface area contributed by atoms with Gasteiger partial charge in [-0.1, -0.05) is 12.1 Å². The van der Waals surface area contributed by atoms with E-state index in [1.807, 2.05) is 31.3 Å². The van der Waals surface area contributed by atoms with Crippen LogP contribution in [-0.4, -0.2) is 24.4 Å². The van der Waals surface area contributed by atoms with Crippen LogP contribution in [0.1, 0.15) is 13.8 Å². The Morgan fingerprint density at radius 2 is 1.89 bits per heavy atom. The monoisotopic (exact) mass is 267 g/mol. The molecule has 1 amide bonds. The first-order valence-corrected chi connectivity index (χ1v) is 5.99. The van der Waals surface area contributed by atoms with Gasteiger partial charge in [0.15, 0.2) is 5.11 Å². The van der Waals surface area contributed by atoms with Crippen molar-refractivity contribution >= 4 is 34.8 Å². The van der Waals surface area contributed by atoms with Crippen LogP contribution >= 0.6 is 12.2 Å². The number of rotatable bonds is 3. The Hall–Kier alpha value is -1.82. The lowest BCUT2D eigenvalue weighted by atomic mass is 10.2. The minimum atomic E-state index is -0.565. The number of nitrogens with one attached hydrogen (secondary N) is 3. The lowest BCUT2D eigenvalue weighted by molar-refractivity contribution is 0.120. The number of carbonyl (C=O) groups is 1. The number of carbonyl (C=O) groups excluding carboxylic acids is 1. The van der Waals surface area contributed by atoms with Crippen molar-refractivity contribution in [1.82, 2.24) is 5.32 Å². The Kier molecular flexibility index (Phi) is 5.38. The van der Waals surface area contributed by atoms with Gasteiger partial charge < -0.3 is 15.4 Å². The first kappa shape index (κ1) is 14.2. The zero-order valence-electron chi connectivity index (χ0n) is 10.6. The van der Waals surface area contributed by atoms with E-state index in [0.717, 1.165) is 11.4 Å². The summed E-state index contributed by atoms with van der Waals surface area (Å²) in [4.78, 5) is 11.3. The molecule has 5 nitrogen and oxygen atoms in total. The SMILES string of the molecule is CNc1ccccc1NC(=S)NC(=O)OC(C)C. The number of amides is 1. The summed E-state index contributed by atoms with van der Waals surface area (Å²) in [5, 5.41) is 8.58. The highest BCUT2D eigenvalue weighted by Crippen LogP contribution is 2.19. The van der Waals surface area contributed by atoms with Crippen LogP contribution in [0.2, 0.25) is 0 Å². The number of hydrogen-bond acceptors (Lipinski definition) is 4. The second-order valence-corrected chi connectivity index (χ2v) is 4.24. The maximum absolute atomic E-state index is 11.3. The van der Waals surface area contributed by atoms with E-state index in [1.165, 1.54) is 0 Å². The van der Waals surface area contributed by atoms with Gasteiger partial charge in [0.25, 0.3) is 0 Å². The van der Waals surface area contributed by atoms with Gasteiger partial charge in [0.1, 0.15) is 0 Å². The van der Waals surface area contributed by atoms with Crippen LogP contribution in [0.5, 0.6) is 0 Å². The van der Waals surface area contributed by atoms with E-state index in [-0.39, 0.29) is 11.2 Å². The average Bonchev–Trinajstić information content (AvgIpc) is 2.28. The van der Waals surface area contributed by atoms with Crippen molar-refractivity contribution in [3.05, 3.63) is 24.3 Å². The van der Waals surface area contributed by atoms with Crippen molar-refractivity contribution < 1.29 is 9.53 Å². The number of alkyl carbamates (subject to hydrolysis) is 1. The summed E-state index contributed by atoms with van der Waals surface area (Å²) in [5.74, 6) is 0. The quantitative estimate of drug-likeness (QED) is 0.735. The Morgan fingerprint density at radius 1 is 1.28 bits per heavy atom. The number of para-hydroxylation sites is 2. The molecule has 0 bridgehead atoms. The molecule has 3 N–H and O–H groups in total. The molecule has 0 saturated carbocycles. The summed E-state index contributed by atoms with van der Waals surface area (Å²) >= 11 is 5.02. The predicted molar refractivity (Wildman–Crippen MR) is 77.0 cm³/mol. The molecule has 0 aliphatic rings. The van der Waals surface area contributed by atoms with E-state index in [9.17, 15) is 4.79 Å². The normalized spacial score (nSPS) is 9.78. The average molecular weight is 267 g/mol. The molecule has 1 aromatic carbocycles. The molecule has 0 atom stereocenters. The molecule has 0 unspecified atom stereocenters. The van der Waals surface area contributed by atoms with Gasteiger partial charge in [0.05, 0.1) is 17.5 Å². The third-order valence-corrected chi connectivity index (χ3v) is 2.21. The van der Waals surface area contributed by atoms with Gasteiger partial charge in [-0.15, -0.1) is 0 Å². The molecule has 1 aromatic rings. The number of ether oxygens (including phenoxy) is 1. The maximum atomic E-state index is 11.3. The lowest BCUT2D eigenvalue weighted by Crippen LogP contribution is -2.35. The van der Waals surface area contributed by atoms with Gasteiger partial charge in [0.2, 0.25) is 0 Å². The van der Waals surface area contributed by atoms with Gasteiger partial charge in [-0.05, 0) is 38.2 Å². The Balaban J connectivity index is 2.57. The molecule has 18 heavy (non-hydrogen) atoms. The van der Waals surface area contributed by atoms with Crippen molar-refractivity contribution in [1.29, 1.82) is 0 Å². The topological polar surface area (TPSA) is 62.4 Å². The third-order valence-electron chi connectivity index (χ3n) is 2.00. The summed E-state index contributed by atoms with van der Waals surface area (Å²) in [6, 6.07) is 7.53. The van der Waals surface area contributed by atoms with E-state index in [4.69, 9.17) is 17.0 Å². The fraction of sp³-hybridized carbons (Fsp3) is 0.333. The standard InChI is InChI=1S/C12H17N3O2S/c1-8(2)17-12(16)15-11(18)14-10-7-5-4-6-9(10)13-3/h4-8,13H,1-3H3,(H2,14,15,16,18). The van der Waals surface area contributed by atoms with Gasteiger partial charge in [-0.3, -0.25) is 5.32 Å². The number of anilines is 2. The second kappa shape index (κ2) is 6.80. The van der Waals surface area contributed by atoms with Crippen LogP contribution in [0.3, 0.4) is 0 Å². The summed E-state index contributed by atoms with van der Waals surface area (Å²) in [5.41, 5.74) is 1.67.